The van der Waals surface area contributed by atoms with Gasteiger partial charge in [0.2, 0.25) is 0 Å². The molecule has 116 valence electrons. The number of carbonyl (C=O) groups excluding carboxylic acids is 1. The zero-order valence-corrected chi connectivity index (χ0v) is 12.5. The molecule has 5 nitrogen and oxygen atoms in total. The van der Waals surface area contributed by atoms with Gasteiger partial charge in [-0.1, -0.05) is 30.3 Å². The third-order valence-corrected chi connectivity index (χ3v) is 3.77. The Morgan fingerprint density at radius 3 is 2.95 bits per heavy atom. The van der Waals surface area contributed by atoms with Gasteiger partial charge in [-0.2, -0.15) is 0 Å². The average molecular weight is 300 g/mol. The number of amides is 1. The van der Waals surface area contributed by atoms with Crippen LogP contribution in [0, 0.1) is 5.92 Å². The zero-order valence-electron chi connectivity index (χ0n) is 12.5. The number of rotatable bonds is 5. The van der Waals surface area contributed by atoms with Gasteiger partial charge in [-0.25, -0.2) is 4.98 Å². The predicted molar refractivity (Wildman–Crippen MR) is 81.6 cm³/mol. The van der Waals surface area contributed by atoms with Crippen LogP contribution >= 0.6 is 0 Å². The van der Waals surface area contributed by atoms with Crippen LogP contribution < -0.4 is 5.32 Å². The van der Waals surface area contributed by atoms with Crippen molar-refractivity contribution in [2.24, 2.45) is 5.92 Å². The highest BCUT2D eigenvalue weighted by molar-refractivity contribution is 5.89. The molecule has 1 aromatic heterocycles. The van der Waals surface area contributed by atoms with E-state index in [-0.39, 0.29) is 11.8 Å². The van der Waals surface area contributed by atoms with E-state index in [0.29, 0.717) is 31.3 Å². The molecule has 1 N–H and O–H groups in total. The van der Waals surface area contributed by atoms with Gasteiger partial charge in [-0.3, -0.25) is 4.79 Å². The standard InChI is InChI=1S/C17H20N2O3/c20-16(18-10-14-7-4-8-21-12-14)17-19-11-15(22-17)9-13-5-2-1-3-6-13/h1-3,5-6,11,14H,4,7-10,12H2,(H,18,20)/t14-/m0/s1. The number of aromatic nitrogens is 1. The van der Waals surface area contributed by atoms with Gasteiger partial charge >= 0.3 is 5.91 Å². The molecule has 0 aliphatic carbocycles. The molecule has 1 aliphatic rings. The normalized spacial score (nSPS) is 18.1. The molecule has 22 heavy (non-hydrogen) atoms. The first-order valence-corrected chi connectivity index (χ1v) is 7.66. The highest BCUT2D eigenvalue weighted by Gasteiger charge is 2.18. The van der Waals surface area contributed by atoms with Crippen LogP contribution in [0.1, 0.15) is 34.9 Å². The van der Waals surface area contributed by atoms with Crippen molar-refractivity contribution in [2.45, 2.75) is 19.3 Å². The lowest BCUT2D eigenvalue weighted by atomic mass is 10.0. The molecule has 1 amide bonds. The van der Waals surface area contributed by atoms with Gasteiger partial charge in [-0.05, 0) is 24.3 Å². The summed E-state index contributed by atoms with van der Waals surface area (Å²) in [4.78, 5) is 16.1. The Kier molecular flexibility index (Phi) is 4.85. The summed E-state index contributed by atoms with van der Waals surface area (Å²) in [5.41, 5.74) is 1.13. The first-order chi connectivity index (χ1) is 10.8. The maximum Gasteiger partial charge on any atom is 0.307 e. The van der Waals surface area contributed by atoms with Crippen LogP contribution in [0.15, 0.2) is 40.9 Å². The van der Waals surface area contributed by atoms with Crippen LogP contribution in [0.3, 0.4) is 0 Å². The first-order valence-electron chi connectivity index (χ1n) is 7.66. The van der Waals surface area contributed by atoms with E-state index in [2.05, 4.69) is 10.3 Å². The molecule has 0 radical (unpaired) electrons. The SMILES string of the molecule is O=C(NC[C@@H]1CCCOC1)c1ncc(Cc2ccccc2)o1. The Morgan fingerprint density at radius 2 is 2.18 bits per heavy atom. The van der Waals surface area contributed by atoms with Crippen LogP contribution in [0.4, 0.5) is 0 Å². The van der Waals surface area contributed by atoms with Crippen molar-refractivity contribution < 1.29 is 13.9 Å². The summed E-state index contributed by atoms with van der Waals surface area (Å²) in [6.45, 7) is 2.15. The van der Waals surface area contributed by atoms with E-state index in [4.69, 9.17) is 9.15 Å². The van der Waals surface area contributed by atoms with Gasteiger partial charge in [0.1, 0.15) is 5.76 Å². The lowest BCUT2D eigenvalue weighted by Gasteiger charge is -2.21. The minimum absolute atomic E-state index is 0.127. The minimum Gasteiger partial charge on any atom is -0.437 e. The van der Waals surface area contributed by atoms with Gasteiger partial charge in [0.05, 0.1) is 12.8 Å². The fourth-order valence-corrected chi connectivity index (χ4v) is 2.57. The van der Waals surface area contributed by atoms with Crippen LogP contribution in [-0.4, -0.2) is 30.6 Å². The Bertz CT molecular complexity index is 603. The number of carbonyl (C=O) groups is 1. The van der Waals surface area contributed by atoms with Crippen LogP contribution in [-0.2, 0) is 11.2 Å². The molecule has 0 spiro atoms. The summed E-state index contributed by atoms with van der Waals surface area (Å²) < 4.78 is 10.9. The molecule has 0 saturated carbocycles. The maximum absolute atomic E-state index is 12.0. The first kappa shape index (κ1) is 14.8. The largest absolute Gasteiger partial charge is 0.437 e. The summed E-state index contributed by atoms with van der Waals surface area (Å²) >= 11 is 0. The minimum atomic E-state index is -0.259. The lowest BCUT2D eigenvalue weighted by Crippen LogP contribution is -2.33. The predicted octanol–water partition coefficient (Wildman–Crippen LogP) is 2.42. The Balaban J connectivity index is 1.52. The van der Waals surface area contributed by atoms with E-state index in [1.54, 1.807) is 6.20 Å². The highest BCUT2D eigenvalue weighted by Crippen LogP contribution is 2.13. The monoisotopic (exact) mass is 300 g/mol. The second-order valence-electron chi connectivity index (χ2n) is 5.59. The number of hydrogen-bond donors (Lipinski definition) is 1. The number of hydrogen-bond acceptors (Lipinski definition) is 4. The molecule has 0 unspecified atom stereocenters. The number of nitrogens with zero attached hydrogens (tertiary/aromatic N) is 1. The summed E-state index contributed by atoms with van der Waals surface area (Å²) in [5, 5.41) is 2.87. The summed E-state index contributed by atoms with van der Waals surface area (Å²) in [5.74, 6) is 0.946. The molecule has 1 aliphatic heterocycles. The lowest BCUT2D eigenvalue weighted by molar-refractivity contribution is 0.0532. The molecule has 1 saturated heterocycles. The van der Waals surface area contributed by atoms with E-state index in [1.807, 2.05) is 30.3 Å². The third kappa shape index (κ3) is 3.95. The Hall–Kier alpha value is -2.14. The Labute approximate surface area is 129 Å². The van der Waals surface area contributed by atoms with Crippen LogP contribution in [0.5, 0.6) is 0 Å². The van der Waals surface area contributed by atoms with Crippen molar-refractivity contribution in [2.75, 3.05) is 19.8 Å². The average Bonchev–Trinajstić information content (AvgIpc) is 3.03. The smallest absolute Gasteiger partial charge is 0.307 e. The van der Waals surface area contributed by atoms with E-state index in [1.165, 1.54) is 0 Å². The topological polar surface area (TPSA) is 64.4 Å². The molecule has 3 rings (SSSR count). The molecule has 1 aromatic carbocycles. The molecule has 2 heterocycles. The van der Waals surface area contributed by atoms with Crippen molar-refractivity contribution in [1.29, 1.82) is 0 Å². The van der Waals surface area contributed by atoms with Crippen LogP contribution in [0.25, 0.3) is 0 Å². The molecule has 0 bridgehead atoms. The number of ether oxygens (including phenoxy) is 1. The maximum atomic E-state index is 12.0. The summed E-state index contributed by atoms with van der Waals surface area (Å²) in [6.07, 6.45) is 4.40. The van der Waals surface area contributed by atoms with Crippen molar-refractivity contribution in [3.8, 4) is 0 Å². The van der Waals surface area contributed by atoms with Gasteiger partial charge in [-0.15, -0.1) is 0 Å². The van der Waals surface area contributed by atoms with Crippen molar-refractivity contribution >= 4 is 5.91 Å². The molecule has 5 heteroatoms. The molecular formula is C17H20N2O3. The molecule has 1 fully saturated rings. The third-order valence-electron chi connectivity index (χ3n) is 3.77. The highest BCUT2D eigenvalue weighted by atomic mass is 16.5. The summed E-state index contributed by atoms with van der Waals surface area (Å²) in [6, 6.07) is 9.96. The summed E-state index contributed by atoms with van der Waals surface area (Å²) in [7, 11) is 0. The molecular weight excluding hydrogens is 280 g/mol. The van der Waals surface area contributed by atoms with E-state index in [9.17, 15) is 4.79 Å². The zero-order chi connectivity index (χ0) is 15.2. The fourth-order valence-electron chi connectivity index (χ4n) is 2.57. The van der Waals surface area contributed by atoms with Gasteiger partial charge < -0.3 is 14.5 Å². The number of oxazole rings is 1. The van der Waals surface area contributed by atoms with E-state index < -0.39 is 0 Å². The number of benzene rings is 1. The second kappa shape index (κ2) is 7.22. The van der Waals surface area contributed by atoms with Crippen molar-refractivity contribution in [3.05, 3.63) is 53.7 Å². The molecule has 1 atom stereocenters. The fraction of sp³-hybridized carbons (Fsp3) is 0.412. The van der Waals surface area contributed by atoms with Crippen LogP contribution in [0.2, 0.25) is 0 Å². The van der Waals surface area contributed by atoms with Crippen molar-refractivity contribution in [3.63, 3.8) is 0 Å². The number of nitrogens with one attached hydrogen (secondary N) is 1. The quantitative estimate of drug-likeness (QED) is 0.921. The van der Waals surface area contributed by atoms with E-state index in [0.717, 1.165) is 25.0 Å². The second-order valence-corrected chi connectivity index (χ2v) is 5.59. The molecule has 2 aromatic rings. The van der Waals surface area contributed by atoms with Crippen molar-refractivity contribution in [1.82, 2.24) is 10.3 Å². The van der Waals surface area contributed by atoms with E-state index >= 15 is 0 Å². The Morgan fingerprint density at radius 1 is 1.32 bits per heavy atom. The van der Waals surface area contributed by atoms with Gasteiger partial charge in [0.15, 0.2) is 0 Å². The van der Waals surface area contributed by atoms with Gasteiger partial charge in [0.25, 0.3) is 5.89 Å². The van der Waals surface area contributed by atoms with Gasteiger partial charge in [0, 0.05) is 19.6 Å².